The van der Waals surface area contributed by atoms with Crippen LogP contribution in [0.25, 0.3) is 0 Å². The van der Waals surface area contributed by atoms with E-state index < -0.39 is 0 Å². The van der Waals surface area contributed by atoms with Crippen molar-refractivity contribution in [2.75, 3.05) is 11.9 Å². The molecule has 0 aromatic heterocycles. The summed E-state index contributed by atoms with van der Waals surface area (Å²) in [5.41, 5.74) is 7.94. The fourth-order valence-electron chi connectivity index (χ4n) is 1.76. The predicted octanol–water partition coefficient (Wildman–Crippen LogP) is 2.48. The summed E-state index contributed by atoms with van der Waals surface area (Å²) in [7, 11) is 1.78. The third kappa shape index (κ3) is 3.86. The lowest BCUT2D eigenvalue weighted by atomic mass is 10.1. The van der Waals surface area contributed by atoms with Gasteiger partial charge in [0.05, 0.1) is 6.04 Å². The minimum atomic E-state index is -0.388. The van der Waals surface area contributed by atoms with Crippen molar-refractivity contribution in [1.82, 2.24) is 0 Å². The molecule has 0 bridgehead atoms. The van der Waals surface area contributed by atoms with E-state index in [9.17, 15) is 4.79 Å². The van der Waals surface area contributed by atoms with Gasteiger partial charge in [0, 0.05) is 12.7 Å². The minimum Gasteiger partial charge on any atom is -0.320 e. The van der Waals surface area contributed by atoms with Gasteiger partial charge in [-0.05, 0) is 31.0 Å². The van der Waals surface area contributed by atoms with E-state index >= 15 is 0 Å². The van der Waals surface area contributed by atoms with Crippen LogP contribution in [0.4, 0.5) is 5.69 Å². The number of anilines is 1. The van der Waals surface area contributed by atoms with Crippen molar-refractivity contribution in [2.24, 2.45) is 5.73 Å². The van der Waals surface area contributed by atoms with Crippen LogP contribution in [-0.2, 0) is 4.79 Å². The second kappa shape index (κ2) is 6.40. The Morgan fingerprint density at radius 2 is 2.18 bits per heavy atom. The Morgan fingerprint density at radius 1 is 1.47 bits per heavy atom. The van der Waals surface area contributed by atoms with Gasteiger partial charge >= 0.3 is 0 Å². The Balaban J connectivity index is 2.69. The van der Waals surface area contributed by atoms with Gasteiger partial charge in [0.15, 0.2) is 0 Å². The zero-order valence-corrected chi connectivity index (χ0v) is 10.9. The number of benzene rings is 1. The van der Waals surface area contributed by atoms with Crippen LogP contribution in [0.1, 0.15) is 31.7 Å². The maximum Gasteiger partial charge on any atom is 0.243 e. The molecule has 0 heterocycles. The number of carbonyl (C=O) groups is 1. The second-order valence-electron chi connectivity index (χ2n) is 4.48. The van der Waals surface area contributed by atoms with E-state index in [-0.39, 0.29) is 11.9 Å². The van der Waals surface area contributed by atoms with Gasteiger partial charge in [0.2, 0.25) is 5.91 Å². The average molecular weight is 234 g/mol. The van der Waals surface area contributed by atoms with Crippen molar-refractivity contribution in [3.8, 4) is 0 Å². The molecule has 0 saturated heterocycles. The lowest BCUT2D eigenvalue weighted by molar-refractivity contribution is -0.119. The van der Waals surface area contributed by atoms with E-state index in [2.05, 4.69) is 6.92 Å². The molecule has 1 rings (SSSR count). The van der Waals surface area contributed by atoms with E-state index in [0.717, 1.165) is 30.5 Å². The molecule has 0 unspecified atom stereocenters. The van der Waals surface area contributed by atoms with Crippen LogP contribution in [-0.4, -0.2) is 19.0 Å². The van der Waals surface area contributed by atoms with Gasteiger partial charge in [-0.3, -0.25) is 4.79 Å². The Hall–Kier alpha value is -1.35. The van der Waals surface area contributed by atoms with Crippen LogP contribution < -0.4 is 10.6 Å². The summed E-state index contributed by atoms with van der Waals surface area (Å²) in [4.78, 5) is 13.7. The summed E-state index contributed by atoms with van der Waals surface area (Å²) < 4.78 is 0. The maximum atomic E-state index is 12.1. The van der Waals surface area contributed by atoms with Crippen molar-refractivity contribution in [1.29, 1.82) is 0 Å². The first-order chi connectivity index (χ1) is 8.06. The maximum absolute atomic E-state index is 12.1. The van der Waals surface area contributed by atoms with Gasteiger partial charge in [-0.2, -0.15) is 0 Å². The molecule has 0 spiro atoms. The minimum absolute atomic E-state index is 0.0101. The molecule has 0 saturated carbocycles. The predicted molar refractivity (Wildman–Crippen MR) is 72.1 cm³/mol. The van der Waals surface area contributed by atoms with Gasteiger partial charge in [-0.25, -0.2) is 0 Å². The van der Waals surface area contributed by atoms with Crippen LogP contribution in [0.2, 0.25) is 0 Å². The van der Waals surface area contributed by atoms with Gasteiger partial charge in [-0.1, -0.05) is 31.9 Å². The number of nitrogens with zero attached hydrogens (tertiary/aromatic N) is 1. The number of aryl methyl sites for hydroxylation is 1. The van der Waals surface area contributed by atoms with Crippen LogP contribution in [0.15, 0.2) is 24.3 Å². The molecule has 17 heavy (non-hydrogen) atoms. The third-order valence-electron chi connectivity index (χ3n) is 2.91. The number of unbranched alkanes of at least 4 members (excludes halogenated alkanes) is 1. The number of carbonyl (C=O) groups excluding carboxylic acids is 1. The highest BCUT2D eigenvalue weighted by molar-refractivity contribution is 5.96. The normalized spacial score (nSPS) is 12.2. The third-order valence-corrected chi connectivity index (χ3v) is 2.91. The SMILES string of the molecule is CCCC[C@H](N)C(=O)N(C)c1cccc(C)c1. The van der Waals surface area contributed by atoms with Crippen molar-refractivity contribution >= 4 is 11.6 Å². The molecule has 1 atom stereocenters. The highest BCUT2D eigenvalue weighted by atomic mass is 16.2. The molecular weight excluding hydrogens is 212 g/mol. The monoisotopic (exact) mass is 234 g/mol. The molecule has 3 heteroatoms. The fourth-order valence-corrected chi connectivity index (χ4v) is 1.76. The Bertz CT molecular complexity index is 376. The van der Waals surface area contributed by atoms with Crippen LogP contribution >= 0.6 is 0 Å². The Labute approximate surface area is 104 Å². The highest BCUT2D eigenvalue weighted by Gasteiger charge is 2.18. The van der Waals surface area contributed by atoms with Gasteiger partial charge < -0.3 is 10.6 Å². The summed E-state index contributed by atoms with van der Waals surface area (Å²) >= 11 is 0. The lowest BCUT2D eigenvalue weighted by Crippen LogP contribution is -2.41. The first-order valence-electron chi connectivity index (χ1n) is 6.16. The van der Waals surface area contributed by atoms with Gasteiger partial charge in [-0.15, -0.1) is 0 Å². The molecular formula is C14H22N2O. The van der Waals surface area contributed by atoms with Crippen molar-refractivity contribution < 1.29 is 4.79 Å². The molecule has 1 amide bonds. The quantitative estimate of drug-likeness (QED) is 0.850. The summed E-state index contributed by atoms with van der Waals surface area (Å²) in [6, 6.07) is 7.49. The molecule has 1 aromatic rings. The standard InChI is InChI=1S/C14H22N2O/c1-4-5-9-13(15)14(17)16(3)12-8-6-7-11(2)10-12/h6-8,10,13H,4-5,9,15H2,1-3H3/t13-/m0/s1. The Morgan fingerprint density at radius 3 is 2.76 bits per heavy atom. The molecule has 0 aliphatic rings. The number of hydrogen-bond acceptors (Lipinski definition) is 2. The number of likely N-dealkylation sites (N-methyl/N-ethyl adjacent to an activating group) is 1. The topological polar surface area (TPSA) is 46.3 Å². The number of hydrogen-bond donors (Lipinski definition) is 1. The van der Waals surface area contributed by atoms with Crippen molar-refractivity contribution in [2.45, 2.75) is 39.2 Å². The molecule has 3 nitrogen and oxygen atoms in total. The first kappa shape index (κ1) is 13.7. The summed E-state index contributed by atoms with van der Waals surface area (Å²) in [6.45, 7) is 4.11. The molecule has 1 aromatic carbocycles. The van der Waals surface area contributed by atoms with Crippen LogP contribution in [0.3, 0.4) is 0 Å². The largest absolute Gasteiger partial charge is 0.320 e. The highest BCUT2D eigenvalue weighted by Crippen LogP contribution is 2.15. The van der Waals surface area contributed by atoms with Crippen LogP contribution in [0, 0.1) is 6.92 Å². The molecule has 94 valence electrons. The van der Waals surface area contributed by atoms with Crippen molar-refractivity contribution in [3.63, 3.8) is 0 Å². The van der Waals surface area contributed by atoms with Gasteiger partial charge in [0.1, 0.15) is 0 Å². The summed E-state index contributed by atoms with van der Waals surface area (Å²) in [5.74, 6) is -0.0101. The zero-order valence-electron chi connectivity index (χ0n) is 10.9. The van der Waals surface area contributed by atoms with E-state index in [1.54, 1.807) is 11.9 Å². The first-order valence-corrected chi connectivity index (χ1v) is 6.16. The Kier molecular flexibility index (Phi) is 5.16. The van der Waals surface area contributed by atoms with Crippen LogP contribution in [0.5, 0.6) is 0 Å². The van der Waals surface area contributed by atoms with E-state index in [0.29, 0.717) is 0 Å². The average Bonchev–Trinajstić information content (AvgIpc) is 2.34. The summed E-state index contributed by atoms with van der Waals surface area (Å²) in [5, 5.41) is 0. The summed E-state index contributed by atoms with van der Waals surface area (Å²) in [6.07, 6.45) is 2.81. The molecule has 2 N–H and O–H groups in total. The van der Waals surface area contributed by atoms with E-state index in [1.165, 1.54) is 0 Å². The van der Waals surface area contributed by atoms with E-state index in [1.807, 2.05) is 31.2 Å². The second-order valence-corrected chi connectivity index (χ2v) is 4.48. The lowest BCUT2D eigenvalue weighted by Gasteiger charge is -2.21. The molecule has 0 aliphatic heterocycles. The van der Waals surface area contributed by atoms with Crippen molar-refractivity contribution in [3.05, 3.63) is 29.8 Å². The fraction of sp³-hybridized carbons (Fsp3) is 0.500. The number of rotatable bonds is 5. The molecule has 0 fully saturated rings. The molecule has 0 aliphatic carbocycles. The zero-order chi connectivity index (χ0) is 12.8. The molecule has 0 radical (unpaired) electrons. The smallest absolute Gasteiger partial charge is 0.243 e. The number of nitrogens with two attached hydrogens (primary N) is 1. The van der Waals surface area contributed by atoms with Gasteiger partial charge in [0.25, 0.3) is 0 Å². The van der Waals surface area contributed by atoms with E-state index in [4.69, 9.17) is 5.73 Å². The number of amides is 1.